The summed E-state index contributed by atoms with van der Waals surface area (Å²) >= 11 is 0. The van der Waals surface area contributed by atoms with Crippen molar-refractivity contribution in [3.63, 3.8) is 0 Å². The van der Waals surface area contributed by atoms with Gasteiger partial charge in [-0.1, -0.05) is 71.1 Å². The molecule has 220 valence electrons. The summed E-state index contributed by atoms with van der Waals surface area (Å²) in [4.78, 5) is 53.7. The van der Waals surface area contributed by atoms with Crippen molar-refractivity contribution in [2.75, 3.05) is 11.9 Å². The lowest BCUT2D eigenvalue weighted by molar-refractivity contribution is -0.175. The van der Waals surface area contributed by atoms with E-state index in [0.717, 1.165) is 37.7 Å². The third kappa shape index (κ3) is 5.96. The number of carbonyl (C=O) groups is 4. The van der Waals surface area contributed by atoms with Crippen LogP contribution in [0.25, 0.3) is 0 Å². The highest BCUT2D eigenvalue weighted by Crippen LogP contribution is 2.45. The molecule has 4 rings (SSSR count). The zero-order valence-corrected chi connectivity index (χ0v) is 23.1. The zero-order valence-electron chi connectivity index (χ0n) is 23.1. The number of likely N-dealkylation sites (tertiary alicyclic amines) is 1. The number of nitrogens with zero attached hydrogens (tertiary/aromatic N) is 1. The number of benzene rings is 1. The normalized spacial score (nSPS) is 24.8. The first-order valence-corrected chi connectivity index (χ1v) is 13.8. The Hall–Kier alpha value is -3.15. The summed E-state index contributed by atoms with van der Waals surface area (Å²) in [6, 6.07) is 4.59. The molecule has 1 saturated carbocycles. The van der Waals surface area contributed by atoms with Crippen LogP contribution in [-0.4, -0.2) is 59.5 Å². The van der Waals surface area contributed by atoms with Crippen molar-refractivity contribution >= 4 is 29.3 Å². The van der Waals surface area contributed by atoms with Gasteiger partial charge in [-0.2, -0.15) is 13.2 Å². The van der Waals surface area contributed by atoms with E-state index in [1.54, 1.807) is 17.4 Å². The third-order valence-electron chi connectivity index (χ3n) is 8.38. The molecule has 4 amide bonds. The van der Waals surface area contributed by atoms with Crippen LogP contribution in [0.15, 0.2) is 24.3 Å². The number of hydrogen-bond acceptors (Lipinski definition) is 5. The molecule has 0 unspecified atom stereocenters. The zero-order chi connectivity index (χ0) is 29.5. The van der Waals surface area contributed by atoms with E-state index < -0.39 is 53.0 Å². The van der Waals surface area contributed by atoms with Gasteiger partial charge in [0.15, 0.2) is 0 Å². The number of halogens is 3. The lowest BCUT2D eigenvalue weighted by Crippen LogP contribution is -2.60. The summed E-state index contributed by atoms with van der Waals surface area (Å²) in [6.45, 7) is 4.60. The Kier molecular flexibility index (Phi) is 8.22. The van der Waals surface area contributed by atoms with Crippen LogP contribution in [0.5, 0.6) is 0 Å². The molecule has 0 bridgehead atoms. The number of carbonyl (C=O) groups excluding carboxylic acids is 4. The lowest BCUT2D eigenvalue weighted by atomic mass is 9.80. The molecule has 3 aliphatic rings. The average molecular weight is 566 g/mol. The van der Waals surface area contributed by atoms with Crippen molar-refractivity contribution in [1.82, 2.24) is 15.5 Å². The number of fused-ring (bicyclic) bond motifs is 2. The molecule has 12 heteroatoms. The molecule has 2 fully saturated rings. The maximum atomic E-state index is 14.0. The van der Waals surface area contributed by atoms with Crippen LogP contribution in [0.3, 0.4) is 0 Å². The topological polar surface area (TPSA) is 134 Å². The highest BCUT2D eigenvalue weighted by molar-refractivity contribution is 6.07. The fourth-order valence-electron chi connectivity index (χ4n) is 6.24. The van der Waals surface area contributed by atoms with Gasteiger partial charge in [-0.15, -0.1) is 0 Å². The molecule has 2 heterocycles. The highest BCUT2D eigenvalue weighted by Gasteiger charge is 2.55. The van der Waals surface area contributed by atoms with Gasteiger partial charge in [0.25, 0.3) is 0 Å². The molecule has 40 heavy (non-hydrogen) atoms. The molecule has 5 N–H and O–H groups in total. The maximum Gasteiger partial charge on any atom is 0.471 e. The molecule has 1 aliphatic carbocycles. The molecule has 1 spiro atoms. The van der Waals surface area contributed by atoms with Crippen LogP contribution in [-0.2, 0) is 24.6 Å². The van der Waals surface area contributed by atoms with Gasteiger partial charge in [0.05, 0.1) is 11.6 Å². The van der Waals surface area contributed by atoms with Gasteiger partial charge < -0.3 is 26.6 Å². The standard InChI is InChI=1S/C28H38F3N5O4/c1-26(2,3)21(35-25(40)28(29,30)31)22(37)33-19(13-16-9-5-4-6-10-16)23(38)36-15-27(14-20(36)32)17-11-7-8-12-18(17)34-24(27)39/h7-8,11-12,16,19-21H,4-6,9-10,13-15,32H2,1-3H3,(H,33,37)(H,34,39)(H,35,40)/t19-,20-,21+,27-/m0/s1. The number of hydrogen-bond donors (Lipinski definition) is 4. The first kappa shape index (κ1) is 29.8. The lowest BCUT2D eigenvalue weighted by Gasteiger charge is -2.35. The molecule has 1 saturated heterocycles. The minimum atomic E-state index is -5.17. The minimum Gasteiger partial charge on any atom is -0.342 e. The quantitative estimate of drug-likeness (QED) is 0.421. The Balaban J connectivity index is 1.59. The van der Waals surface area contributed by atoms with Crippen molar-refractivity contribution < 1.29 is 32.3 Å². The molecule has 9 nitrogen and oxygen atoms in total. The third-order valence-corrected chi connectivity index (χ3v) is 8.38. The molecule has 4 atom stereocenters. The average Bonchev–Trinajstić information content (AvgIpc) is 3.36. The predicted octanol–water partition coefficient (Wildman–Crippen LogP) is 2.94. The summed E-state index contributed by atoms with van der Waals surface area (Å²) < 4.78 is 39.1. The molecule has 2 aliphatic heterocycles. The van der Waals surface area contributed by atoms with Crippen molar-refractivity contribution in [3.05, 3.63) is 29.8 Å². The van der Waals surface area contributed by atoms with Crippen molar-refractivity contribution in [2.45, 2.75) is 95.6 Å². The van der Waals surface area contributed by atoms with Gasteiger partial charge in [-0.3, -0.25) is 19.2 Å². The highest BCUT2D eigenvalue weighted by atomic mass is 19.4. The second-order valence-electron chi connectivity index (χ2n) is 12.4. The number of para-hydroxylation sites is 1. The Bertz CT molecular complexity index is 1160. The summed E-state index contributed by atoms with van der Waals surface area (Å²) in [5.74, 6) is -3.73. The van der Waals surface area contributed by atoms with E-state index in [9.17, 15) is 32.3 Å². The predicted molar refractivity (Wildman–Crippen MR) is 142 cm³/mol. The second-order valence-corrected chi connectivity index (χ2v) is 12.4. The number of nitrogens with two attached hydrogens (primary N) is 1. The number of alkyl halides is 3. The van der Waals surface area contributed by atoms with Crippen LogP contribution < -0.4 is 21.7 Å². The van der Waals surface area contributed by atoms with Gasteiger partial charge in [0, 0.05) is 18.7 Å². The Morgan fingerprint density at radius 2 is 1.75 bits per heavy atom. The van der Waals surface area contributed by atoms with E-state index in [0.29, 0.717) is 5.69 Å². The fraction of sp³-hybridized carbons (Fsp3) is 0.643. The van der Waals surface area contributed by atoms with E-state index in [1.807, 2.05) is 12.1 Å². The van der Waals surface area contributed by atoms with Gasteiger partial charge in [0.2, 0.25) is 17.7 Å². The van der Waals surface area contributed by atoms with Crippen LogP contribution in [0.4, 0.5) is 18.9 Å². The van der Waals surface area contributed by atoms with Gasteiger partial charge in [0.1, 0.15) is 12.1 Å². The number of anilines is 1. The van der Waals surface area contributed by atoms with Gasteiger partial charge in [-0.25, -0.2) is 0 Å². The van der Waals surface area contributed by atoms with Crippen molar-refractivity contribution in [2.24, 2.45) is 17.1 Å². The summed E-state index contributed by atoms with van der Waals surface area (Å²) in [5.41, 5.74) is 5.73. The van der Waals surface area contributed by atoms with E-state index >= 15 is 0 Å². The second kappa shape index (κ2) is 11.0. The SMILES string of the molecule is CC(C)(C)[C@H](NC(=O)C(F)(F)F)C(=O)N[C@@H](CC1CCCCC1)C(=O)N1C[C@]2(C[C@H]1N)C(=O)Nc1ccccc12. The molecular formula is C28H38F3N5O4. The monoisotopic (exact) mass is 565 g/mol. The molecular weight excluding hydrogens is 527 g/mol. The molecule has 1 aromatic rings. The summed E-state index contributed by atoms with van der Waals surface area (Å²) in [5, 5.41) is 7.33. The van der Waals surface area contributed by atoms with E-state index in [1.165, 1.54) is 25.7 Å². The molecule has 0 radical (unpaired) electrons. The van der Waals surface area contributed by atoms with Crippen LogP contribution in [0, 0.1) is 11.3 Å². The summed E-state index contributed by atoms with van der Waals surface area (Å²) in [7, 11) is 0. The number of rotatable bonds is 6. The van der Waals surface area contributed by atoms with E-state index in [4.69, 9.17) is 5.73 Å². The van der Waals surface area contributed by atoms with Gasteiger partial charge >= 0.3 is 12.1 Å². The number of amides is 4. The van der Waals surface area contributed by atoms with E-state index in [-0.39, 0.29) is 31.2 Å². The van der Waals surface area contributed by atoms with Crippen LogP contribution >= 0.6 is 0 Å². The van der Waals surface area contributed by atoms with E-state index in [2.05, 4.69) is 10.6 Å². The largest absolute Gasteiger partial charge is 0.471 e. The first-order chi connectivity index (χ1) is 18.6. The minimum absolute atomic E-state index is 0.0143. The maximum absolute atomic E-state index is 14.0. The fourth-order valence-corrected chi connectivity index (χ4v) is 6.24. The molecule has 0 aromatic heterocycles. The van der Waals surface area contributed by atoms with Gasteiger partial charge in [-0.05, 0) is 29.4 Å². The Morgan fingerprint density at radius 1 is 1.10 bits per heavy atom. The first-order valence-electron chi connectivity index (χ1n) is 13.8. The van der Waals surface area contributed by atoms with Crippen LogP contribution in [0.1, 0.15) is 71.3 Å². The van der Waals surface area contributed by atoms with Crippen molar-refractivity contribution in [3.8, 4) is 0 Å². The van der Waals surface area contributed by atoms with Crippen LogP contribution in [0.2, 0.25) is 0 Å². The summed E-state index contributed by atoms with van der Waals surface area (Å²) in [6.07, 6.45) is -0.743. The Labute approximate surface area is 231 Å². The Morgan fingerprint density at radius 3 is 2.38 bits per heavy atom. The number of nitrogens with one attached hydrogen (secondary N) is 3. The van der Waals surface area contributed by atoms with Crippen molar-refractivity contribution in [1.29, 1.82) is 0 Å². The smallest absolute Gasteiger partial charge is 0.342 e. The molecule has 1 aromatic carbocycles.